The molecular formula is C22H15F2N3OS. The van der Waals surface area contributed by atoms with E-state index in [0.29, 0.717) is 20.9 Å². The standard InChI is InChI=1S/C22H15F2N3OS/c23-17-8-6-16(7-9-17)14-25-27(21(28)12-15-4-2-1-3-5-15)22-26-19-11-10-18(24)13-20(19)29-22/h1-11,13-14H,12H2/b25-14+. The summed E-state index contributed by atoms with van der Waals surface area (Å²) in [6, 6.07) is 19.3. The summed E-state index contributed by atoms with van der Waals surface area (Å²) in [5.41, 5.74) is 2.06. The fourth-order valence-electron chi connectivity index (χ4n) is 2.72. The summed E-state index contributed by atoms with van der Waals surface area (Å²) in [4.78, 5) is 17.4. The van der Waals surface area contributed by atoms with Gasteiger partial charge in [0, 0.05) is 0 Å². The monoisotopic (exact) mass is 407 g/mol. The zero-order chi connectivity index (χ0) is 20.2. The van der Waals surface area contributed by atoms with Gasteiger partial charge in [0.25, 0.3) is 5.91 Å². The van der Waals surface area contributed by atoms with E-state index in [1.807, 2.05) is 30.3 Å². The van der Waals surface area contributed by atoms with Crippen molar-refractivity contribution in [2.75, 3.05) is 5.01 Å². The average molecular weight is 407 g/mol. The first kappa shape index (κ1) is 18.9. The molecule has 0 N–H and O–H groups in total. The maximum absolute atomic E-state index is 13.5. The fraction of sp³-hybridized carbons (Fsp3) is 0.0455. The second-order valence-electron chi connectivity index (χ2n) is 6.27. The summed E-state index contributed by atoms with van der Waals surface area (Å²) in [5.74, 6) is -1.01. The summed E-state index contributed by atoms with van der Waals surface area (Å²) >= 11 is 1.18. The van der Waals surface area contributed by atoms with Crippen LogP contribution < -0.4 is 5.01 Å². The Morgan fingerprint density at radius 1 is 1.00 bits per heavy atom. The molecule has 1 amide bonds. The number of fused-ring (bicyclic) bond motifs is 1. The van der Waals surface area contributed by atoms with Gasteiger partial charge in [0.05, 0.1) is 22.9 Å². The van der Waals surface area contributed by atoms with Gasteiger partial charge in [-0.1, -0.05) is 53.8 Å². The van der Waals surface area contributed by atoms with Crippen LogP contribution in [0.15, 0.2) is 77.9 Å². The molecule has 4 nitrogen and oxygen atoms in total. The summed E-state index contributed by atoms with van der Waals surface area (Å²) in [5, 5.41) is 5.84. The molecule has 0 atom stereocenters. The van der Waals surface area contributed by atoms with Crippen molar-refractivity contribution in [3.63, 3.8) is 0 Å². The van der Waals surface area contributed by atoms with Crippen molar-refractivity contribution in [1.82, 2.24) is 4.98 Å². The van der Waals surface area contributed by atoms with Crippen molar-refractivity contribution in [3.8, 4) is 0 Å². The third-order valence-corrected chi connectivity index (χ3v) is 5.14. The molecular weight excluding hydrogens is 392 g/mol. The lowest BCUT2D eigenvalue weighted by Crippen LogP contribution is -2.27. The lowest BCUT2D eigenvalue weighted by Gasteiger charge is -2.13. The molecule has 29 heavy (non-hydrogen) atoms. The Labute approximate surface area is 169 Å². The Morgan fingerprint density at radius 2 is 1.72 bits per heavy atom. The number of carbonyl (C=O) groups excluding carboxylic acids is 1. The van der Waals surface area contributed by atoms with Crippen LogP contribution in [-0.2, 0) is 11.2 Å². The predicted octanol–water partition coefficient (Wildman–Crippen LogP) is 5.18. The van der Waals surface area contributed by atoms with Gasteiger partial charge in [0.2, 0.25) is 5.13 Å². The number of amides is 1. The number of hydrazone groups is 1. The number of aromatic nitrogens is 1. The van der Waals surface area contributed by atoms with Gasteiger partial charge in [-0.15, -0.1) is 0 Å². The van der Waals surface area contributed by atoms with E-state index in [-0.39, 0.29) is 24.0 Å². The molecule has 0 fully saturated rings. The van der Waals surface area contributed by atoms with Crippen LogP contribution in [0.4, 0.5) is 13.9 Å². The van der Waals surface area contributed by atoms with Crippen molar-refractivity contribution in [3.05, 3.63) is 95.6 Å². The molecule has 0 aliphatic carbocycles. The number of carbonyl (C=O) groups is 1. The Kier molecular flexibility index (Phi) is 5.39. The van der Waals surface area contributed by atoms with E-state index < -0.39 is 0 Å². The average Bonchev–Trinajstić information content (AvgIpc) is 3.13. The molecule has 0 spiro atoms. The van der Waals surface area contributed by atoms with Crippen LogP contribution in [-0.4, -0.2) is 17.1 Å². The van der Waals surface area contributed by atoms with Crippen LogP contribution in [0.5, 0.6) is 0 Å². The fourth-order valence-corrected chi connectivity index (χ4v) is 3.68. The topological polar surface area (TPSA) is 45.6 Å². The van der Waals surface area contributed by atoms with Gasteiger partial charge >= 0.3 is 0 Å². The third kappa shape index (κ3) is 4.52. The highest BCUT2D eigenvalue weighted by atomic mass is 32.1. The molecule has 0 aliphatic rings. The number of benzene rings is 3. The zero-order valence-corrected chi connectivity index (χ0v) is 15.9. The summed E-state index contributed by atoms with van der Waals surface area (Å²) in [6.07, 6.45) is 1.60. The maximum Gasteiger partial charge on any atom is 0.253 e. The number of anilines is 1. The van der Waals surface area contributed by atoms with Crippen LogP contribution in [0.3, 0.4) is 0 Å². The van der Waals surface area contributed by atoms with Gasteiger partial charge < -0.3 is 0 Å². The Bertz CT molecular complexity index is 1170. The first-order valence-corrected chi connectivity index (χ1v) is 9.63. The SMILES string of the molecule is O=C(Cc1ccccc1)N(/N=C/c1ccc(F)cc1)c1nc2ccc(F)cc2s1. The molecule has 1 heterocycles. The van der Waals surface area contributed by atoms with Crippen molar-refractivity contribution < 1.29 is 13.6 Å². The van der Waals surface area contributed by atoms with E-state index in [9.17, 15) is 13.6 Å². The van der Waals surface area contributed by atoms with E-state index >= 15 is 0 Å². The molecule has 4 rings (SSSR count). The minimum Gasteiger partial charge on any atom is -0.272 e. The Balaban J connectivity index is 1.68. The van der Waals surface area contributed by atoms with Crippen LogP contribution in [0, 0.1) is 11.6 Å². The number of halogens is 2. The summed E-state index contributed by atoms with van der Waals surface area (Å²) in [6.45, 7) is 0. The molecule has 0 bridgehead atoms. The van der Waals surface area contributed by atoms with E-state index in [1.165, 1.54) is 46.8 Å². The Hall–Kier alpha value is -3.45. The molecule has 144 valence electrons. The predicted molar refractivity (Wildman–Crippen MR) is 111 cm³/mol. The number of hydrogen-bond donors (Lipinski definition) is 0. The maximum atomic E-state index is 13.5. The van der Waals surface area contributed by atoms with Gasteiger partial charge in [0.1, 0.15) is 11.6 Å². The molecule has 7 heteroatoms. The van der Waals surface area contributed by atoms with Crippen molar-refractivity contribution in [2.24, 2.45) is 5.10 Å². The van der Waals surface area contributed by atoms with Gasteiger partial charge in [-0.3, -0.25) is 4.79 Å². The zero-order valence-electron chi connectivity index (χ0n) is 15.1. The number of hydrogen-bond acceptors (Lipinski definition) is 4. The van der Waals surface area contributed by atoms with Gasteiger partial charge in [0.15, 0.2) is 0 Å². The van der Waals surface area contributed by atoms with Crippen molar-refractivity contribution in [1.29, 1.82) is 0 Å². The van der Waals surface area contributed by atoms with Gasteiger partial charge in [-0.2, -0.15) is 10.1 Å². The minimum atomic E-state index is -0.371. The molecule has 1 aromatic heterocycles. The summed E-state index contributed by atoms with van der Waals surface area (Å²) < 4.78 is 27.3. The number of thiazole rings is 1. The smallest absolute Gasteiger partial charge is 0.253 e. The molecule has 4 aromatic rings. The first-order valence-electron chi connectivity index (χ1n) is 8.81. The van der Waals surface area contributed by atoms with E-state index in [2.05, 4.69) is 10.1 Å². The lowest BCUT2D eigenvalue weighted by atomic mass is 10.1. The summed E-state index contributed by atoms with van der Waals surface area (Å²) in [7, 11) is 0. The molecule has 0 aliphatic heterocycles. The highest BCUT2D eigenvalue weighted by Gasteiger charge is 2.20. The van der Waals surface area contributed by atoms with E-state index in [4.69, 9.17) is 0 Å². The molecule has 0 saturated heterocycles. The quantitative estimate of drug-likeness (QED) is 0.338. The van der Waals surface area contributed by atoms with Crippen molar-refractivity contribution in [2.45, 2.75) is 6.42 Å². The highest BCUT2D eigenvalue weighted by Crippen LogP contribution is 2.30. The normalized spacial score (nSPS) is 11.2. The molecule has 0 unspecified atom stereocenters. The molecule has 0 radical (unpaired) electrons. The highest BCUT2D eigenvalue weighted by molar-refractivity contribution is 7.22. The number of rotatable bonds is 5. The molecule has 3 aromatic carbocycles. The van der Waals surface area contributed by atoms with Crippen LogP contribution >= 0.6 is 11.3 Å². The lowest BCUT2D eigenvalue weighted by molar-refractivity contribution is -0.118. The largest absolute Gasteiger partial charge is 0.272 e. The van der Waals surface area contributed by atoms with Crippen LogP contribution in [0.1, 0.15) is 11.1 Å². The second kappa shape index (κ2) is 8.28. The third-order valence-electron chi connectivity index (χ3n) is 4.15. The van der Waals surface area contributed by atoms with Crippen molar-refractivity contribution >= 4 is 38.8 Å². The molecule has 0 saturated carbocycles. The number of nitrogens with zero attached hydrogens (tertiary/aromatic N) is 3. The van der Waals surface area contributed by atoms with E-state index in [0.717, 1.165) is 5.56 Å². The minimum absolute atomic E-state index is 0.131. The first-order chi connectivity index (χ1) is 14.1. The van der Waals surface area contributed by atoms with Gasteiger partial charge in [-0.25, -0.2) is 13.8 Å². The van der Waals surface area contributed by atoms with Gasteiger partial charge in [-0.05, 0) is 41.5 Å². The van der Waals surface area contributed by atoms with Crippen LogP contribution in [0.25, 0.3) is 10.2 Å². The van der Waals surface area contributed by atoms with E-state index in [1.54, 1.807) is 18.2 Å². The van der Waals surface area contributed by atoms with Crippen LogP contribution in [0.2, 0.25) is 0 Å². The Morgan fingerprint density at radius 3 is 2.48 bits per heavy atom. The second-order valence-corrected chi connectivity index (χ2v) is 7.28.